The average molecular weight is 319 g/mol. The van der Waals surface area contributed by atoms with Crippen LogP contribution in [0.4, 0.5) is 11.4 Å². The Bertz CT molecular complexity index is 659. The predicted molar refractivity (Wildman–Crippen MR) is 90.9 cm³/mol. The van der Waals surface area contributed by atoms with Crippen LogP contribution in [0.25, 0.3) is 0 Å². The van der Waals surface area contributed by atoms with Gasteiger partial charge in [0.1, 0.15) is 11.8 Å². The number of ether oxygens (including phenoxy) is 1. The topological polar surface area (TPSA) is 50.4 Å². The van der Waals surface area contributed by atoms with Gasteiger partial charge in [-0.05, 0) is 37.6 Å². The summed E-state index contributed by atoms with van der Waals surface area (Å²) in [6, 6.07) is 12.7. The number of rotatable bonds is 5. The zero-order valence-corrected chi connectivity index (χ0v) is 13.6. The summed E-state index contributed by atoms with van der Waals surface area (Å²) < 4.78 is 5.26. The number of para-hydroxylation sites is 1. The second-order valence-corrected chi connectivity index (χ2v) is 5.43. The number of carbonyl (C=O) groups excluding carboxylic acids is 1. The van der Waals surface area contributed by atoms with Crippen molar-refractivity contribution in [1.29, 1.82) is 0 Å². The summed E-state index contributed by atoms with van der Waals surface area (Å²) >= 11 is 6.07. The molecule has 0 spiro atoms. The summed E-state index contributed by atoms with van der Waals surface area (Å²) in [6.07, 6.45) is 0. The van der Waals surface area contributed by atoms with Crippen molar-refractivity contribution in [2.45, 2.75) is 19.9 Å². The van der Waals surface area contributed by atoms with Gasteiger partial charge in [-0.15, -0.1) is 0 Å². The van der Waals surface area contributed by atoms with E-state index < -0.39 is 0 Å². The average Bonchev–Trinajstić information content (AvgIpc) is 2.51. The van der Waals surface area contributed by atoms with Gasteiger partial charge in [-0.25, -0.2) is 0 Å². The van der Waals surface area contributed by atoms with Crippen molar-refractivity contribution in [3.63, 3.8) is 0 Å². The van der Waals surface area contributed by atoms with Gasteiger partial charge in [0.2, 0.25) is 5.91 Å². The number of hydrogen-bond acceptors (Lipinski definition) is 3. The van der Waals surface area contributed by atoms with Crippen LogP contribution < -0.4 is 15.4 Å². The lowest BCUT2D eigenvalue weighted by Gasteiger charge is -2.17. The van der Waals surface area contributed by atoms with E-state index in [9.17, 15) is 4.79 Å². The van der Waals surface area contributed by atoms with Gasteiger partial charge in [-0.1, -0.05) is 29.8 Å². The highest BCUT2D eigenvalue weighted by atomic mass is 35.5. The molecule has 1 amide bonds. The fraction of sp³-hybridized carbons (Fsp3) is 0.235. The number of hydrogen-bond donors (Lipinski definition) is 2. The molecule has 1 atom stereocenters. The van der Waals surface area contributed by atoms with Crippen molar-refractivity contribution in [1.82, 2.24) is 0 Å². The van der Waals surface area contributed by atoms with Crippen LogP contribution in [-0.2, 0) is 4.79 Å². The molecule has 2 aromatic rings. The number of halogens is 1. The van der Waals surface area contributed by atoms with Crippen molar-refractivity contribution >= 4 is 28.9 Å². The zero-order chi connectivity index (χ0) is 16.1. The fourth-order valence-electron chi connectivity index (χ4n) is 2.02. The van der Waals surface area contributed by atoms with Crippen LogP contribution in [-0.4, -0.2) is 19.1 Å². The Balaban J connectivity index is 2.10. The maximum Gasteiger partial charge on any atom is 0.246 e. The van der Waals surface area contributed by atoms with Gasteiger partial charge in [-0.2, -0.15) is 0 Å². The van der Waals surface area contributed by atoms with E-state index in [0.717, 1.165) is 11.3 Å². The van der Waals surface area contributed by atoms with Gasteiger partial charge in [0.15, 0.2) is 0 Å². The third-order valence-electron chi connectivity index (χ3n) is 3.29. The number of methoxy groups -OCH3 is 1. The molecule has 0 fully saturated rings. The molecule has 5 heteroatoms. The molecule has 2 rings (SSSR count). The minimum atomic E-state index is -0.386. The summed E-state index contributed by atoms with van der Waals surface area (Å²) in [5.74, 6) is 0.389. The first kappa shape index (κ1) is 16.2. The third kappa shape index (κ3) is 3.92. The summed E-state index contributed by atoms with van der Waals surface area (Å²) in [6.45, 7) is 3.68. The van der Waals surface area contributed by atoms with Crippen molar-refractivity contribution in [3.8, 4) is 5.75 Å². The molecular weight excluding hydrogens is 300 g/mol. The van der Waals surface area contributed by atoms with E-state index in [-0.39, 0.29) is 11.9 Å². The quantitative estimate of drug-likeness (QED) is 0.872. The van der Waals surface area contributed by atoms with E-state index in [4.69, 9.17) is 16.3 Å². The first-order valence-corrected chi connectivity index (χ1v) is 7.35. The maximum atomic E-state index is 12.3. The highest BCUT2D eigenvalue weighted by molar-refractivity contribution is 6.31. The van der Waals surface area contributed by atoms with E-state index in [2.05, 4.69) is 10.6 Å². The minimum absolute atomic E-state index is 0.149. The van der Waals surface area contributed by atoms with Gasteiger partial charge in [0.25, 0.3) is 0 Å². The number of anilines is 2. The summed E-state index contributed by atoms with van der Waals surface area (Å²) in [7, 11) is 1.54. The molecule has 0 aliphatic carbocycles. The molecule has 0 saturated heterocycles. The Labute approximate surface area is 135 Å². The van der Waals surface area contributed by atoms with Gasteiger partial charge in [0.05, 0.1) is 12.8 Å². The van der Waals surface area contributed by atoms with Crippen LogP contribution in [0.3, 0.4) is 0 Å². The second-order valence-electron chi connectivity index (χ2n) is 5.02. The van der Waals surface area contributed by atoms with Crippen LogP contribution >= 0.6 is 11.6 Å². The number of carbonyl (C=O) groups is 1. The lowest BCUT2D eigenvalue weighted by molar-refractivity contribution is -0.116. The Hall–Kier alpha value is -2.20. The third-order valence-corrected chi connectivity index (χ3v) is 3.70. The Morgan fingerprint density at radius 2 is 1.91 bits per heavy atom. The molecule has 0 heterocycles. The number of aryl methyl sites for hydroxylation is 1. The molecular formula is C17H19ClN2O2. The highest BCUT2D eigenvalue weighted by Gasteiger charge is 2.15. The molecule has 2 N–H and O–H groups in total. The summed E-state index contributed by atoms with van der Waals surface area (Å²) in [4.78, 5) is 12.3. The van der Waals surface area contributed by atoms with Gasteiger partial charge in [0, 0.05) is 16.8 Å². The van der Waals surface area contributed by atoms with E-state index in [1.807, 2.05) is 37.3 Å². The van der Waals surface area contributed by atoms with E-state index in [0.29, 0.717) is 16.5 Å². The normalized spacial score (nSPS) is 11.6. The molecule has 4 nitrogen and oxygen atoms in total. The smallest absolute Gasteiger partial charge is 0.246 e. The SMILES string of the molecule is COc1cc(Cl)c(C)cc1NC(=O)[C@@H](C)Nc1ccccc1. The van der Waals surface area contributed by atoms with Gasteiger partial charge >= 0.3 is 0 Å². The first-order valence-electron chi connectivity index (χ1n) is 6.98. The molecule has 0 aliphatic heterocycles. The Kier molecular flexibility index (Phi) is 5.28. The van der Waals surface area contributed by atoms with Crippen molar-refractivity contribution < 1.29 is 9.53 Å². The van der Waals surface area contributed by atoms with Crippen LogP contribution in [0.5, 0.6) is 5.75 Å². The fourth-order valence-corrected chi connectivity index (χ4v) is 2.17. The lowest BCUT2D eigenvalue weighted by Crippen LogP contribution is -2.32. The van der Waals surface area contributed by atoms with Crippen molar-refractivity contribution in [2.24, 2.45) is 0 Å². The summed E-state index contributed by atoms with van der Waals surface area (Å²) in [5.41, 5.74) is 2.38. The zero-order valence-electron chi connectivity index (χ0n) is 12.8. The van der Waals surface area contributed by atoms with Crippen LogP contribution in [0.15, 0.2) is 42.5 Å². The monoisotopic (exact) mass is 318 g/mol. The number of amides is 1. The highest BCUT2D eigenvalue weighted by Crippen LogP contribution is 2.31. The molecule has 116 valence electrons. The van der Waals surface area contributed by atoms with E-state index >= 15 is 0 Å². The molecule has 0 bridgehead atoms. The molecule has 2 aromatic carbocycles. The minimum Gasteiger partial charge on any atom is -0.495 e. The van der Waals surface area contributed by atoms with E-state index in [1.165, 1.54) is 0 Å². The van der Waals surface area contributed by atoms with Gasteiger partial charge < -0.3 is 15.4 Å². The number of benzene rings is 2. The van der Waals surface area contributed by atoms with Gasteiger partial charge in [-0.3, -0.25) is 4.79 Å². The van der Waals surface area contributed by atoms with Crippen molar-refractivity contribution in [3.05, 3.63) is 53.1 Å². The predicted octanol–water partition coefficient (Wildman–Crippen LogP) is 4.10. The summed E-state index contributed by atoms with van der Waals surface area (Å²) in [5, 5.41) is 6.61. The molecule has 22 heavy (non-hydrogen) atoms. The first-order chi connectivity index (χ1) is 10.5. The number of nitrogens with one attached hydrogen (secondary N) is 2. The Morgan fingerprint density at radius 1 is 1.23 bits per heavy atom. The molecule has 0 radical (unpaired) electrons. The van der Waals surface area contributed by atoms with Crippen LogP contribution in [0, 0.1) is 6.92 Å². The lowest BCUT2D eigenvalue weighted by atomic mass is 10.2. The molecule has 0 saturated carbocycles. The molecule has 0 aliphatic rings. The Morgan fingerprint density at radius 3 is 2.55 bits per heavy atom. The molecule has 0 aromatic heterocycles. The second kappa shape index (κ2) is 7.18. The van der Waals surface area contributed by atoms with E-state index in [1.54, 1.807) is 26.2 Å². The largest absolute Gasteiger partial charge is 0.495 e. The van der Waals surface area contributed by atoms with Crippen molar-refractivity contribution in [2.75, 3.05) is 17.7 Å². The van der Waals surface area contributed by atoms with Crippen LogP contribution in [0.1, 0.15) is 12.5 Å². The molecule has 0 unspecified atom stereocenters. The standard InChI is InChI=1S/C17H19ClN2O2/c1-11-9-15(16(22-3)10-14(11)18)20-17(21)12(2)19-13-7-5-4-6-8-13/h4-10,12,19H,1-3H3,(H,20,21)/t12-/m1/s1. The maximum absolute atomic E-state index is 12.3. The van der Waals surface area contributed by atoms with Crippen LogP contribution in [0.2, 0.25) is 5.02 Å².